The van der Waals surface area contributed by atoms with Crippen LogP contribution in [0.15, 0.2) is 0 Å². The summed E-state index contributed by atoms with van der Waals surface area (Å²) < 4.78 is 25.5. The number of rotatable bonds is 8. The third-order valence-electron chi connectivity index (χ3n) is 3.42. The van der Waals surface area contributed by atoms with Crippen molar-refractivity contribution in [1.82, 2.24) is 9.62 Å². The summed E-state index contributed by atoms with van der Waals surface area (Å²) in [6.07, 6.45) is 2.82. The molecule has 1 fully saturated rings. The quantitative estimate of drug-likeness (QED) is 0.638. The predicted octanol–water partition coefficient (Wildman–Crippen LogP) is 0.468. The molecule has 2 N–H and O–H groups in total. The summed E-state index contributed by atoms with van der Waals surface area (Å²) in [6.45, 7) is 4.44. The second-order valence-corrected chi connectivity index (χ2v) is 7.41. The highest BCUT2D eigenvalue weighted by molar-refractivity contribution is 7.89. The molecule has 1 rings (SSSR count). The van der Waals surface area contributed by atoms with Crippen molar-refractivity contribution in [1.29, 1.82) is 0 Å². The number of nitrogens with one attached hydrogen (secondary N) is 1. The van der Waals surface area contributed by atoms with Crippen molar-refractivity contribution in [2.24, 2.45) is 0 Å². The molecule has 0 bridgehead atoms. The van der Waals surface area contributed by atoms with Crippen LogP contribution >= 0.6 is 0 Å². The fourth-order valence-electron chi connectivity index (χ4n) is 2.44. The molecular weight excluding hydrogens is 280 g/mol. The van der Waals surface area contributed by atoms with Crippen molar-refractivity contribution in [3.05, 3.63) is 0 Å². The number of sulfonamides is 1. The van der Waals surface area contributed by atoms with Crippen LogP contribution in [0, 0.1) is 0 Å². The Hall–Kier alpha value is -0.660. The molecular formula is C13H26N2O4S. The standard InChI is InChI=1S/C13H26N2O4S/c1-3-10-20(18,19)15-9-5-7-12(15)13(17)14-8-4-6-11(2)16/h11-12,16H,3-10H2,1-2H3,(H,14,17). The van der Waals surface area contributed by atoms with Crippen LogP contribution < -0.4 is 5.32 Å². The van der Waals surface area contributed by atoms with Crippen LogP contribution in [0.2, 0.25) is 0 Å². The molecule has 6 nitrogen and oxygen atoms in total. The average molecular weight is 306 g/mol. The van der Waals surface area contributed by atoms with Gasteiger partial charge in [0.25, 0.3) is 0 Å². The van der Waals surface area contributed by atoms with E-state index in [-0.39, 0.29) is 17.8 Å². The molecule has 1 heterocycles. The van der Waals surface area contributed by atoms with Gasteiger partial charge in [0.15, 0.2) is 0 Å². The van der Waals surface area contributed by atoms with Crippen molar-refractivity contribution in [2.45, 2.75) is 58.1 Å². The van der Waals surface area contributed by atoms with Gasteiger partial charge in [-0.15, -0.1) is 0 Å². The number of carbonyl (C=O) groups excluding carboxylic acids is 1. The Bertz CT molecular complexity index is 409. The van der Waals surface area contributed by atoms with Crippen molar-refractivity contribution in [3.63, 3.8) is 0 Å². The lowest BCUT2D eigenvalue weighted by Crippen LogP contribution is -2.46. The van der Waals surface area contributed by atoms with Crippen molar-refractivity contribution in [3.8, 4) is 0 Å². The van der Waals surface area contributed by atoms with Gasteiger partial charge in [-0.3, -0.25) is 4.79 Å². The zero-order chi connectivity index (χ0) is 15.2. The van der Waals surface area contributed by atoms with E-state index in [1.54, 1.807) is 6.92 Å². The highest BCUT2D eigenvalue weighted by atomic mass is 32.2. The molecule has 20 heavy (non-hydrogen) atoms. The van der Waals surface area contributed by atoms with Gasteiger partial charge in [-0.2, -0.15) is 4.31 Å². The lowest BCUT2D eigenvalue weighted by atomic mass is 10.2. The first-order valence-corrected chi connectivity index (χ1v) is 8.94. The average Bonchev–Trinajstić information content (AvgIpc) is 2.84. The van der Waals surface area contributed by atoms with E-state index in [9.17, 15) is 13.2 Å². The smallest absolute Gasteiger partial charge is 0.238 e. The highest BCUT2D eigenvalue weighted by Crippen LogP contribution is 2.22. The molecule has 2 unspecified atom stereocenters. The Morgan fingerprint density at radius 1 is 1.50 bits per heavy atom. The van der Waals surface area contributed by atoms with E-state index in [4.69, 9.17) is 5.11 Å². The number of hydrogen-bond donors (Lipinski definition) is 2. The second-order valence-electron chi connectivity index (χ2n) is 5.37. The third-order valence-corrected chi connectivity index (χ3v) is 5.50. The molecule has 1 amide bonds. The third kappa shape index (κ3) is 5.03. The summed E-state index contributed by atoms with van der Waals surface area (Å²) in [4.78, 5) is 12.1. The molecule has 0 aromatic rings. The van der Waals surface area contributed by atoms with Crippen molar-refractivity contribution in [2.75, 3.05) is 18.8 Å². The van der Waals surface area contributed by atoms with Gasteiger partial charge in [-0.05, 0) is 39.0 Å². The number of amides is 1. The molecule has 1 saturated heterocycles. The summed E-state index contributed by atoms with van der Waals surface area (Å²) in [5, 5.41) is 11.9. The minimum absolute atomic E-state index is 0.0960. The summed E-state index contributed by atoms with van der Waals surface area (Å²) in [5.41, 5.74) is 0. The Morgan fingerprint density at radius 2 is 2.20 bits per heavy atom. The molecule has 1 aliphatic rings. The number of carbonyl (C=O) groups is 1. The van der Waals surface area contributed by atoms with Crippen LogP contribution in [0.4, 0.5) is 0 Å². The Labute approximate surface area is 121 Å². The molecule has 0 spiro atoms. The maximum atomic E-state index is 12.1. The highest BCUT2D eigenvalue weighted by Gasteiger charge is 2.37. The fourth-order valence-corrected chi connectivity index (χ4v) is 4.18. The topological polar surface area (TPSA) is 86.7 Å². The first-order valence-electron chi connectivity index (χ1n) is 7.33. The molecule has 2 atom stereocenters. The summed E-state index contributed by atoms with van der Waals surface area (Å²) in [5.74, 6) is -0.119. The van der Waals surface area contributed by atoms with Gasteiger partial charge in [0.1, 0.15) is 6.04 Å². The molecule has 1 aliphatic heterocycles. The van der Waals surface area contributed by atoms with Gasteiger partial charge in [-0.25, -0.2) is 8.42 Å². The number of aliphatic hydroxyl groups excluding tert-OH is 1. The number of hydrogen-bond acceptors (Lipinski definition) is 4. The number of nitrogens with zero attached hydrogens (tertiary/aromatic N) is 1. The molecule has 118 valence electrons. The van der Waals surface area contributed by atoms with Crippen molar-refractivity contribution < 1.29 is 18.3 Å². The second kappa shape index (κ2) is 7.95. The zero-order valence-electron chi connectivity index (χ0n) is 12.3. The van der Waals surface area contributed by atoms with E-state index < -0.39 is 16.1 Å². The molecule has 0 radical (unpaired) electrons. The maximum absolute atomic E-state index is 12.1. The van der Waals surface area contributed by atoms with Crippen LogP contribution in [-0.4, -0.2) is 54.7 Å². The van der Waals surface area contributed by atoms with E-state index >= 15 is 0 Å². The Morgan fingerprint density at radius 3 is 2.80 bits per heavy atom. The van der Waals surface area contributed by atoms with Gasteiger partial charge < -0.3 is 10.4 Å². The van der Waals surface area contributed by atoms with Crippen LogP contribution in [0.3, 0.4) is 0 Å². The number of aliphatic hydroxyl groups is 1. The van der Waals surface area contributed by atoms with Gasteiger partial charge in [-0.1, -0.05) is 6.92 Å². The minimum atomic E-state index is -3.32. The maximum Gasteiger partial charge on any atom is 0.238 e. The molecule has 0 saturated carbocycles. The van der Waals surface area contributed by atoms with E-state index in [1.165, 1.54) is 4.31 Å². The molecule has 0 aromatic carbocycles. The van der Waals surface area contributed by atoms with E-state index in [1.807, 2.05) is 6.92 Å². The SMILES string of the molecule is CCCS(=O)(=O)N1CCCC1C(=O)NCCCC(C)O. The van der Waals surface area contributed by atoms with Gasteiger partial charge in [0, 0.05) is 13.1 Å². The largest absolute Gasteiger partial charge is 0.393 e. The Kier molecular flexibility index (Phi) is 6.91. The fraction of sp³-hybridized carbons (Fsp3) is 0.923. The van der Waals surface area contributed by atoms with Crippen LogP contribution in [-0.2, 0) is 14.8 Å². The van der Waals surface area contributed by atoms with E-state index in [0.717, 1.165) is 6.42 Å². The van der Waals surface area contributed by atoms with Gasteiger partial charge in [0.05, 0.1) is 11.9 Å². The normalized spacial score (nSPS) is 21.9. The van der Waals surface area contributed by atoms with Crippen LogP contribution in [0.25, 0.3) is 0 Å². The lowest BCUT2D eigenvalue weighted by Gasteiger charge is -2.23. The molecule has 0 aromatic heterocycles. The van der Waals surface area contributed by atoms with Crippen LogP contribution in [0.5, 0.6) is 0 Å². The predicted molar refractivity (Wildman–Crippen MR) is 77.7 cm³/mol. The van der Waals surface area contributed by atoms with Gasteiger partial charge >= 0.3 is 0 Å². The monoisotopic (exact) mass is 306 g/mol. The van der Waals surface area contributed by atoms with Crippen molar-refractivity contribution >= 4 is 15.9 Å². The summed E-state index contributed by atoms with van der Waals surface area (Å²) >= 11 is 0. The van der Waals surface area contributed by atoms with E-state index in [2.05, 4.69) is 5.32 Å². The van der Waals surface area contributed by atoms with Crippen LogP contribution in [0.1, 0.15) is 46.0 Å². The lowest BCUT2D eigenvalue weighted by molar-refractivity contribution is -0.124. The summed E-state index contributed by atoms with van der Waals surface area (Å²) in [6, 6.07) is -0.557. The first kappa shape index (κ1) is 17.4. The zero-order valence-corrected chi connectivity index (χ0v) is 13.2. The first-order chi connectivity index (χ1) is 9.38. The minimum Gasteiger partial charge on any atom is -0.393 e. The van der Waals surface area contributed by atoms with E-state index in [0.29, 0.717) is 38.8 Å². The summed E-state index contributed by atoms with van der Waals surface area (Å²) in [7, 11) is -3.32. The molecule has 0 aliphatic carbocycles. The Balaban J connectivity index is 2.50. The van der Waals surface area contributed by atoms with Gasteiger partial charge in [0.2, 0.25) is 15.9 Å². The molecule has 7 heteroatoms.